The van der Waals surface area contributed by atoms with Gasteiger partial charge in [0.25, 0.3) is 11.5 Å². The van der Waals surface area contributed by atoms with Crippen LogP contribution in [0, 0.1) is 6.92 Å². The zero-order valence-electron chi connectivity index (χ0n) is 15.4. The highest BCUT2D eigenvalue weighted by atomic mass is 16.5. The summed E-state index contributed by atoms with van der Waals surface area (Å²) >= 11 is 0. The quantitative estimate of drug-likeness (QED) is 0.914. The molecule has 0 radical (unpaired) electrons. The molecule has 0 atom stereocenters. The number of rotatable bonds is 4. The topological polar surface area (TPSA) is 69.6 Å². The average molecular weight is 356 g/mol. The minimum absolute atomic E-state index is 0.115. The summed E-state index contributed by atoms with van der Waals surface area (Å²) in [7, 11) is 3.09. The minimum Gasteiger partial charge on any atom is -0.497 e. The number of hydrogen-bond acceptors (Lipinski definition) is 4. The molecule has 1 aromatic carbocycles. The maximum absolute atomic E-state index is 13.1. The van der Waals surface area contributed by atoms with Gasteiger partial charge in [-0.1, -0.05) is 6.42 Å². The summed E-state index contributed by atoms with van der Waals surface area (Å²) in [5.74, 6) is 0.797. The number of pyridine rings is 1. The third-order valence-corrected chi connectivity index (χ3v) is 4.81. The van der Waals surface area contributed by atoms with E-state index in [0.717, 1.165) is 36.3 Å². The molecule has 1 aliphatic rings. The fourth-order valence-corrected chi connectivity index (χ4v) is 3.41. The Labute approximate surface area is 152 Å². The number of fused-ring (bicyclic) bond motifs is 1. The number of benzene rings is 1. The van der Waals surface area contributed by atoms with Crippen LogP contribution < -0.4 is 20.3 Å². The first kappa shape index (κ1) is 18.0. The third kappa shape index (κ3) is 3.45. The van der Waals surface area contributed by atoms with Gasteiger partial charge in [0.2, 0.25) is 0 Å². The van der Waals surface area contributed by atoms with Crippen molar-refractivity contribution in [1.82, 2.24) is 4.57 Å². The van der Waals surface area contributed by atoms with Gasteiger partial charge in [-0.25, -0.2) is 0 Å². The van der Waals surface area contributed by atoms with Gasteiger partial charge in [-0.2, -0.15) is 0 Å². The van der Waals surface area contributed by atoms with Crippen LogP contribution in [0.5, 0.6) is 11.5 Å². The number of amides is 1. The van der Waals surface area contributed by atoms with Gasteiger partial charge in [0.15, 0.2) is 0 Å². The molecule has 0 aliphatic carbocycles. The van der Waals surface area contributed by atoms with Gasteiger partial charge in [0, 0.05) is 24.0 Å². The molecule has 2 aromatic rings. The fourth-order valence-electron chi connectivity index (χ4n) is 3.41. The molecule has 0 unspecified atom stereocenters. The zero-order valence-corrected chi connectivity index (χ0v) is 15.4. The summed E-state index contributed by atoms with van der Waals surface area (Å²) in [6, 6.07) is 6.88. The van der Waals surface area contributed by atoms with E-state index in [1.165, 1.54) is 13.2 Å². The maximum Gasteiger partial charge on any atom is 0.261 e. The van der Waals surface area contributed by atoms with Crippen LogP contribution in [0.1, 0.15) is 40.9 Å². The highest BCUT2D eigenvalue weighted by molar-refractivity contribution is 6.07. The number of hydrogen-bond donors (Lipinski definition) is 1. The first-order valence-electron chi connectivity index (χ1n) is 8.82. The van der Waals surface area contributed by atoms with Crippen molar-refractivity contribution < 1.29 is 14.3 Å². The van der Waals surface area contributed by atoms with Crippen LogP contribution in [0.3, 0.4) is 0 Å². The largest absolute Gasteiger partial charge is 0.497 e. The maximum atomic E-state index is 13.1. The van der Waals surface area contributed by atoms with Gasteiger partial charge in [-0.15, -0.1) is 0 Å². The Bertz CT molecular complexity index is 886. The lowest BCUT2D eigenvalue weighted by Crippen LogP contribution is -2.27. The number of aromatic nitrogens is 1. The number of carbonyl (C=O) groups is 1. The zero-order chi connectivity index (χ0) is 18.7. The molecule has 3 rings (SSSR count). The lowest BCUT2D eigenvalue weighted by Gasteiger charge is -2.18. The standard InChI is InChI=1S/C20H24N2O4/c1-13-11-14(25-2)8-9-15(13)21-20(24)19-16-7-5-4-6-10-22(16)18(23)12-17(19)26-3/h8-9,11-12H,4-7,10H2,1-3H3,(H,21,24). The highest BCUT2D eigenvalue weighted by Gasteiger charge is 2.23. The fraction of sp³-hybridized carbons (Fsp3) is 0.400. The second kappa shape index (κ2) is 7.64. The summed E-state index contributed by atoms with van der Waals surface area (Å²) < 4.78 is 12.3. The summed E-state index contributed by atoms with van der Waals surface area (Å²) in [6.45, 7) is 2.55. The van der Waals surface area contributed by atoms with Gasteiger partial charge in [-0.3, -0.25) is 9.59 Å². The summed E-state index contributed by atoms with van der Waals surface area (Å²) in [5.41, 5.74) is 2.70. The van der Waals surface area contributed by atoms with Crippen molar-refractivity contribution in [3.05, 3.63) is 51.4 Å². The highest BCUT2D eigenvalue weighted by Crippen LogP contribution is 2.27. The molecule has 0 spiro atoms. The molecule has 6 nitrogen and oxygen atoms in total. The second-order valence-corrected chi connectivity index (χ2v) is 6.47. The molecular formula is C20H24N2O4. The van der Waals surface area contributed by atoms with E-state index >= 15 is 0 Å². The first-order valence-corrected chi connectivity index (χ1v) is 8.82. The van der Waals surface area contributed by atoms with E-state index in [9.17, 15) is 9.59 Å². The Morgan fingerprint density at radius 1 is 1.12 bits per heavy atom. The molecule has 26 heavy (non-hydrogen) atoms. The smallest absolute Gasteiger partial charge is 0.261 e. The van der Waals surface area contributed by atoms with E-state index < -0.39 is 0 Å². The lowest BCUT2D eigenvalue weighted by atomic mass is 10.1. The monoisotopic (exact) mass is 356 g/mol. The van der Waals surface area contributed by atoms with E-state index in [-0.39, 0.29) is 11.5 Å². The molecule has 1 aromatic heterocycles. The van der Waals surface area contributed by atoms with Gasteiger partial charge in [0.05, 0.1) is 14.2 Å². The number of aryl methyl sites for hydroxylation is 1. The minimum atomic E-state index is -0.263. The molecule has 138 valence electrons. The molecule has 6 heteroatoms. The van der Waals surface area contributed by atoms with Crippen molar-refractivity contribution in [3.63, 3.8) is 0 Å². The Kier molecular flexibility index (Phi) is 5.30. The van der Waals surface area contributed by atoms with E-state index in [1.807, 2.05) is 19.1 Å². The van der Waals surface area contributed by atoms with E-state index in [2.05, 4.69) is 5.32 Å². The molecule has 0 bridgehead atoms. The van der Waals surface area contributed by atoms with Gasteiger partial charge >= 0.3 is 0 Å². The van der Waals surface area contributed by atoms with Crippen LogP contribution in [0.4, 0.5) is 5.69 Å². The SMILES string of the molecule is COc1ccc(NC(=O)c2c(OC)cc(=O)n3c2CCCCC3)c(C)c1. The van der Waals surface area contributed by atoms with Crippen molar-refractivity contribution in [2.24, 2.45) is 0 Å². The number of carbonyl (C=O) groups excluding carboxylic acids is 1. The molecule has 1 aliphatic heterocycles. The summed E-state index contributed by atoms with van der Waals surface area (Å²) in [5, 5.41) is 2.95. The van der Waals surface area contributed by atoms with E-state index in [0.29, 0.717) is 30.0 Å². The van der Waals surface area contributed by atoms with Crippen LogP contribution >= 0.6 is 0 Å². The van der Waals surface area contributed by atoms with Gasteiger partial charge < -0.3 is 19.4 Å². The number of nitrogens with zero attached hydrogens (tertiary/aromatic N) is 1. The number of nitrogens with one attached hydrogen (secondary N) is 1. The van der Waals surface area contributed by atoms with Gasteiger partial charge in [0.1, 0.15) is 17.1 Å². The van der Waals surface area contributed by atoms with Crippen molar-refractivity contribution in [3.8, 4) is 11.5 Å². The Morgan fingerprint density at radius 2 is 1.92 bits per heavy atom. The van der Waals surface area contributed by atoms with Crippen LogP contribution in [0.25, 0.3) is 0 Å². The van der Waals surface area contributed by atoms with Crippen LogP contribution in [0.15, 0.2) is 29.1 Å². The Balaban J connectivity index is 2.02. The predicted octanol–water partition coefficient (Wildman–Crippen LogP) is 3.15. The van der Waals surface area contributed by atoms with E-state index in [1.54, 1.807) is 17.7 Å². The number of ether oxygens (including phenoxy) is 2. The predicted molar refractivity (Wildman–Crippen MR) is 100 cm³/mol. The second-order valence-electron chi connectivity index (χ2n) is 6.47. The van der Waals surface area contributed by atoms with Crippen molar-refractivity contribution in [2.45, 2.75) is 39.2 Å². The molecule has 0 saturated heterocycles. The lowest BCUT2D eigenvalue weighted by molar-refractivity contribution is 0.102. The summed E-state index contributed by atoms with van der Waals surface area (Å²) in [4.78, 5) is 25.4. The van der Waals surface area contributed by atoms with Crippen molar-refractivity contribution in [1.29, 1.82) is 0 Å². The Hall–Kier alpha value is -2.76. The average Bonchev–Trinajstić information content (AvgIpc) is 2.89. The van der Waals surface area contributed by atoms with Crippen LogP contribution in [-0.4, -0.2) is 24.7 Å². The van der Waals surface area contributed by atoms with Crippen molar-refractivity contribution >= 4 is 11.6 Å². The normalized spacial score (nSPS) is 13.5. The molecular weight excluding hydrogens is 332 g/mol. The molecule has 2 heterocycles. The molecule has 0 fully saturated rings. The number of anilines is 1. The van der Waals surface area contributed by atoms with Crippen molar-refractivity contribution in [2.75, 3.05) is 19.5 Å². The van der Waals surface area contributed by atoms with E-state index in [4.69, 9.17) is 9.47 Å². The summed E-state index contributed by atoms with van der Waals surface area (Å²) in [6.07, 6.45) is 3.63. The Morgan fingerprint density at radius 3 is 2.62 bits per heavy atom. The molecule has 1 amide bonds. The van der Waals surface area contributed by atoms with Crippen LogP contribution in [0.2, 0.25) is 0 Å². The first-order chi connectivity index (χ1) is 12.5. The van der Waals surface area contributed by atoms with Gasteiger partial charge in [-0.05, 0) is 49.9 Å². The molecule has 0 saturated carbocycles. The molecule has 1 N–H and O–H groups in total. The third-order valence-electron chi connectivity index (χ3n) is 4.81. The number of methoxy groups -OCH3 is 2. The van der Waals surface area contributed by atoms with Crippen LogP contribution in [-0.2, 0) is 13.0 Å².